The zero-order chi connectivity index (χ0) is 21.3. The minimum Gasteiger partial charge on any atom is -0.465 e. The fraction of sp³-hybridized carbons (Fsp3) is 0.429. The Balaban J connectivity index is 1.68. The fourth-order valence-corrected chi connectivity index (χ4v) is 3.46. The summed E-state index contributed by atoms with van der Waals surface area (Å²) >= 11 is 0. The van der Waals surface area contributed by atoms with Crippen molar-refractivity contribution < 1.29 is 9.90 Å². The van der Waals surface area contributed by atoms with Crippen molar-refractivity contribution in [2.75, 3.05) is 36.4 Å². The zero-order valence-electron chi connectivity index (χ0n) is 17.1. The number of amides is 1. The molecule has 9 heteroatoms. The molecule has 0 aliphatic carbocycles. The summed E-state index contributed by atoms with van der Waals surface area (Å²) in [6.07, 6.45) is 1.81. The van der Waals surface area contributed by atoms with Gasteiger partial charge in [-0.25, -0.2) is 9.78 Å². The van der Waals surface area contributed by atoms with Crippen LogP contribution in [0.3, 0.4) is 0 Å². The highest BCUT2D eigenvalue weighted by Gasteiger charge is 2.24. The van der Waals surface area contributed by atoms with Crippen molar-refractivity contribution in [3.8, 4) is 6.07 Å². The first-order valence-corrected chi connectivity index (χ1v) is 10.2. The Bertz CT molecular complexity index is 912. The lowest BCUT2D eigenvalue weighted by molar-refractivity contribution is 0.194. The van der Waals surface area contributed by atoms with Crippen LogP contribution in [0.2, 0.25) is 0 Å². The van der Waals surface area contributed by atoms with E-state index >= 15 is 0 Å². The molecule has 1 aliphatic rings. The third kappa shape index (κ3) is 6.06. The van der Waals surface area contributed by atoms with Gasteiger partial charge in [0.2, 0.25) is 5.95 Å². The summed E-state index contributed by atoms with van der Waals surface area (Å²) in [7, 11) is 0. The quantitative estimate of drug-likeness (QED) is 0.465. The number of nitrogens with zero attached hydrogens (tertiary/aromatic N) is 4. The van der Waals surface area contributed by atoms with Gasteiger partial charge in [-0.05, 0) is 31.0 Å². The highest BCUT2D eigenvalue weighted by molar-refractivity contribution is 5.64. The number of nitrogens with one attached hydrogen (secondary N) is 3. The summed E-state index contributed by atoms with van der Waals surface area (Å²) in [5.74, 6) is 1.40. The van der Waals surface area contributed by atoms with Crippen LogP contribution in [0.5, 0.6) is 0 Å². The van der Waals surface area contributed by atoms with Crippen LogP contribution in [0.25, 0.3) is 0 Å². The normalized spacial score (nSPS) is 15.6. The summed E-state index contributed by atoms with van der Waals surface area (Å²) in [6.45, 7) is 4.77. The van der Waals surface area contributed by atoms with Gasteiger partial charge < -0.3 is 26.0 Å². The van der Waals surface area contributed by atoms with E-state index in [0.29, 0.717) is 24.6 Å². The molecule has 1 aromatic carbocycles. The molecule has 2 aromatic rings. The van der Waals surface area contributed by atoms with E-state index in [1.807, 2.05) is 18.2 Å². The van der Waals surface area contributed by atoms with E-state index in [-0.39, 0.29) is 6.04 Å². The van der Waals surface area contributed by atoms with E-state index in [2.05, 4.69) is 38.8 Å². The van der Waals surface area contributed by atoms with Crippen LogP contribution in [0.1, 0.15) is 31.0 Å². The summed E-state index contributed by atoms with van der Waals surface area (Å²) in [6, 6.07) is 11.7. The molecule has 1 fully saturated rings. The third-order valence-corrected chi connectivity index (χ3v) is 4.87. The smallest absolute Gasteiger partial charge is 0.404 e. The largest absolute Gasteiger partial charge is 0.465 e. The van der Waals surface area contributed by atoms with Crippen molar-refractivity contribution in [1.29, 1.82) is 5.26 Å². The van der Waals surface area contributed by atoms with Crippen LogP contribution in [0, 0.1) is 11.3 Å². The van der Waals surface area contributed by atoms with Crippen molar-refractivity contribution in [1.82, 2.24) is 20.6 Å². The molecule has 1 saturated heterocycles. The number of benzene rings is 1. The monoisotopic (exact) mass is 409 g/mol. The number of hydrogen-bond acceptors (Lipinski definition) is 7. The van der Waals surface area contributed by atoms with Crippen molar-refractivity contribution >= 4 is 23.5 Å². The van der Waals surface area contributed by atoms with Crippen LogP contribution in [-0.4, -0.2) is 53.4 Å². The van der Waals surface area contributed by atoms with Crippen LogP contribution < -0.4 is 20.9 Å². The topological polar surface area (TPSA) is 126 Å². The van der Waals surface area contributed by atoms with Crippen molar-refractivity contribution in [2.24, 2.45) is 0 Å². The first-order valence-electron chi connectivity index (χ1n) is 10.2. The second kappa shape index (κ2) is 10.4. The molecule has 1 unspecified atom stereocenters. The molecule has 0 saturated carbocycles. The predicted octanol–water partition coefficient (Wildman–Crippen LogP) is 2.48. The maximum atomic E-state index is 10.5. The summed E-state index contributed by atoms with van der Waals surface area (Å²) in [5.41, 5.74) is 2.33. The Labute approximate surface area is 176 Å². The van der Waals surface area contributed by atoms with Gasteiger partial charge >= 0.3 is 6.09 Å². The fourth-order valence-electron chi connectivity index (χ4n) is 3.46. The minimum atomic E-state index is -1.00. The number of anilines is 3. The molecule has 1 amide bonds. The number of rotatable bonds is 9. The van der Waals surface area contributed by atoms with Gasteiger partial charge in [0, 0.05) is 49.7 Å². The highest BCUT2D eigenvalue weighted by atomic mass is 16.4. The Morgan fingerprint density at radius 1 is 1.33 bits per heavy atom. The maximum Gasteiger partial charge on any atom is 0.404 e. The van der Waals surface area contributed by atoms with E-state index in [4.69, 9.17) is 15.4 Å². The number of aryl methyl sites for hydroxylation is 1. The molecular formula is C21H27N7O2. The molecule has 0 radical (unpaired) electrons. The molecule has 9 nitrogen and oxygen atoms in total. The molecule has 3 rings (SSSR count). The lowest BCUT2D eigenvalue weighted by Crippen LogP contribution is -2.38. The first-order chi connectivity index (χ1) is 14.6. The van der Waals surface area contributed by atoms with Gasteiger partial charge in [0.05, 0.1) is 11.6 Å². The lowest BCUT2D eigenvalue weighted by atomic mass is 10.2. The number of nitriles is 1. The van der Waals surface area contributed by atoms with Crippen LogP contribution in [-0.2, 0) is 6.42 Å². The third-order valence-electron chi connectivity index (χ3n) is 4.87. The maximum absolute atomic E-state index is 10.5. The Hall–Kier alpha value is -3.38. The van der Waals surface area contributed by atoms with E-state index in [1.165, 1.54) is 0 Å². The minimum absolute atomic E-state index is 0.286. The van der Waals surface area contributed by atoms with Crippen LogP contribution in [0.4, 0.5) is 22.2 Å². The van der Waals surface area contributed by atoms with Gasteiger partial charge in [-0.2, -0.15) is 10.2 Å². The van der Waals surface area contributed by atoms with E-state index in [0.717, 1.165) is 49.6 Å². The number of aromatic nitrogens is 2. The molecule has 1 aliphatic heterocycles. The van der Waals surface area contributed by atoms with Crippen molar-refractivity contribution in [3.63, 3.8) is 0 Å². The molecular weight excluding hydrogens is 382 g/mol. The van der Waals surface area contributed by atoms with E-state index in [9.17, 15) is 4.79 Å². The number of hydrogen-bond donors (Lipinski definition) is 4. The second-order valence-corrected chi connectivity index (χ2v) is 7.23. The Kier molecular flexibility index (Phi) is 7.40. The summed E-state index contributed by atoms with van der Waals surface area (Å²) in [5, 5.41) is 26.7. The van der Waals surface area contributed by atoms with Crippen molar-refractivity contribution in [2.45, 2.75) is 32.2 Å². The second-order valence-electron chi connectivity index (χ2n) is 7.23. The van der Waals surface area contributed by atoms with Gasteiger partial charge in [0.15, 0.2) is 0 Å². The van der Waals surface area contributed by atoms with Crippen LogP contribution in [0.15, 0.2) is 30.3 Å². The van der Waals surface area contributed by atoms with Crippen LogP contribution >= 0.6 is 0 Å². The standard InChI is InChI=1S/C21H27N7O2/c1-2-4-16-12-19(28-10-7-18(14-28)23-8-9-24-21(29)30)27-20(25-16)26-17-6-3-5-15(11-17)13-22/h3,5-6,11-12,18,23-24H,2,4,7-10,14H2,1H3,(H,29,30)(H,25,26,27). The zero-order valence-corrected chi connectivity index (χ0v) is 17.1. The molecule has 1 atom stereocenters. The van der Waals surface area contributed by atoms with E-state index < -0.39 is 6.09 Å². The van der Waals surface area contributed by atoms with Crippen molar-refractivity contribution in [3.05, 3.63) is 41.6 Å². The highest BCUT2D eigenvalue weighted by Crippen LogP contribution is 2.23. The molecule has 30 heavy (non-hydrogen) atoms. The molecule has 1 aromatic heterocycles. The number of carbonyl (C=O) groups is 1. The average molecular weight is 409 g/mol. The lowest BCUT2D eigenvalue weighted by Gasteiger charge is -2.20. The van der Waals surface area contributed by atoms with Gasteiger partial charge in [0.1, 0.15) is 5.82 Å². The molecule has 158 valence electrons. The van der Waals surface area contributed by atoms with Gasteiger partial charge in [-0.3, -0.25) is 0 Å². The summed E-state index contributed by atoms with van der Waals surface area (Å²) < 4.78 is 0. The Morgan fingerprint density at radius 2 is 2.20 bits per heavy atom. The Morgan fingerprint density at radius 3 is 2.97 bits per heavy atom. The molecule has 0 spiro atoms. The van der Waals surface area contributed by atoms with Gasteiger partial charge in [0.25, 0.3) is 0 Å². The summed E-state index contributed by atoms with van der Waals surface area (Å²) in [4.78, 5) is 22.1. The van der Waals surface area contributed by atoms with E-state index in [1.54, 1.807) is 12.1 Å². The molecule has 4 N–H and O–H groups in total. The average Bonchev–Trinajstić information content (AvgIpc) is 3.20. The molecule has 0 bridgehead atoms. The van der Waals surface area contributed by atoms with Gasteiger partial charge in [-0.1, -0.05) is 19.4 Å². The first kappa shape index (κ1) is 21.3. The van der Waals surface area contributed by atoms with Gasteiger partial charge in [-0.15, -0.1) is 0 Å². The number of carboxylic acid groups (broad SMARTS) is 1. The molecule has 2 heterocycles. The SMILES string of the molecule is CCCc1cc(N2CCC(NCCNC(=O)O)C2)nc(Nc2cccc(C#N)c2)n1. The predicted molar refractivity (Wildman–Crippen MR) is 115 cm³/mol.